The highest BCUT2D eigenvalue weighted by Crippen LogP contribution is 2.38. The Hall–Kier alpha value is -4.63. The van der Waals surface area contributed by atoms with Crippen LogP contribution in [-0.2, 0) is 32.7 Å². The average molecular weight is 1350 g/mol. The topological polar surface area (TPSA) is 111 Å². The number of phosphoric ester groups is 1. The van der Waals surface area contributed by atoms with E-state index in [-0.39, 0.29) is 32.0 Å². The van der Waals surface area contributed by atoms with Crippen molar-refractivity contribution in [2.75, 3.05) is 47.5 Å². The number of carbonyl (C=O) groups is 2. The number of quaternary nitrogens is 1. The quantitative estimate of drug-likeness (QED) is 0.0195. The summed E-state index contributed by atoms with van der Waals surface area (Å²) < 4.78 is 34.4. The van der Waals surface area contributed by atoms with Crippen LogP contribution in [0.5, 0.6) is 0 Å². The van der Waals surface area contributed by atoms with E-state index < -0.39 is 26.5 Å². The van der Waals surface area contributed by atoms with Crippen molar-refractivity contribution in [1.82, 2.24) is 0 Å². The van der Waals surface area contributed by atoms with Gasteiger partial charge in [-0.25, -0.2) is 0 Å². The Bertz CT molecular complexity index is 2230. The summed E-state index contributed by atoms with van der Waals surface area (Å²) >= 11 is 0. The normalized spacial score (nSPS) is 14.0. The molecule has 0 N–H and O–H groups in total. The van der Waals surface area contributed by atoms with Crippen molar-refractivity contribution in [3.63, 3.8) is 0 Å². The molecule has 0 aromatic carbocycles. The summed E-state index contributed by atoms with van der Waals surface area (Å²) in [5.74, 6) is -0.836. The fourth-order valence-corrected chi connectivity index (χ4v) is 11.1. The van der Waals surface area contributed by atoms with Gasteiger partial charge in [0.25, 0.3) is 7.82 Å². The van der Waals surface area contributed by atoms with Crippen molar-refractivity contribution in [3.8, 4) is 0 Å². The molecule has 0 saturated heterocycles. The standard InChI is InChI=1S/C86H144NO8P/c1-6-8-10-12-14-16-18-20-22-24-26-28-30-32-34-36-38-40-41-42-43-44-45-47-49-51-53-55-57-59-61-63-65-67-69-71-73-75-77-79-86(89)95-84(83-94-96(90,91)93-81-80-87(3,4)5)82-92-85(88)78-76-74-72-70-68-66-64-62-60-58-56-54-52-50-48-46-39-37-35-33-31-29-27-25-23-21-19-17-15-13-11-9-7-2/h8-11,14-17,20-23,26-29,32-35,38-40,42-43,46,50,52,84H,6-7,12-13,18-19,24-25,30-31,36-37,41,44-45,47-49,51,53-83H2,1-5H3/b10-8-,11-9-,16-14-,17-15-,22-20-,23-21-,28-26-,29-27-,34-32-,35-33-,40-38-,43-42-,46-39-,52-50-. The van der Waals surface area contributed by atoms with Crippen LogP contribution in [-0.4, -0.2) is 70.0 Å². The molecule has 0 heterocycles. The van der Waals surface area contributed by atoms with Gasteiger partial charge in [0.2, 0.25) is 0 Å². The minimum Gasteiger partial charge on any atom is -0.756 e. The number of allylic oxidation sites excluding steroid dienone is 28. The summed E-state index contributed by atoms with van der Waals surface area (Å²) in [5, 5.41) is 0. The molecule has 10 heteroatoms. The molecule has 0 radical (unpaired) electrons. The molecule has 0 aromatic heterocycles. The van der Waals surface area contributed by atoms with E-state index in [2.05, 4.69) is 184 Å². The number of likely N-dealkylation sites (N-methyl/N-ethyl adjacent to an activating group) is 1. The van der Waals surface area contributed by atoms with Crippen molar-refractivity contribution in [3.05, 3.63) is 170 Å². The maximum absolute atomic E-state index is 12.9. The summed E-state index contributed by atoms with van der Waals surface area (Å²) in [6.45, 7) is 4.02. The second kappa shape index (κ2) is 74.6. The third-order valence-corrected chi connectivity index (χ3v) is 17.2. The van der Waals surface area contributed by atoms with Crippen LogP contribution < -0.4 is 4.89 Å². The molecule has 0 fully saturated rings. The van der Waals surface area contributed by atoms with E-state index >= 15 is 0 Å². The molecular formula is C86H144NO8P. The van der Waals surface area contributed by atoms with Gasteiger partial charge >= 0.3 is 11.9 Å². The number of phosphoric acid groups is 1. The number of hydrogen-bond acceptors (Lipinski definition) is 8. The number of nitrogens with zero attached hydrogens (tertiary/aromatic N) is 1. The van der Waals surface area contributed by atoms with Crippen LogP contribution in [0.1, 0.15) is 309 Å². The first-order valence-electron chi connectivity index (χ1n) is 38.8. The minimum atomic E-state index is -4.66. The van der Waals surface area contributed by atoms with Gasteiger partial charge in [0, 0.05) is 12.8 Å². The second-order valence-electron chi connectivity index (χ2n) is 26.6. The van der Waals surface area contributed by atoms with Crippen LogP contribution in [0.4, 0.5) is 0 Å². The van der Waals surface area contributed by atoms with Gasteiger partial charge < -0.3 is 27.9 Å². The van der Waals surface area contributed by atoms with Gasteiger partial charge in [0.15, 0.2) is 6.10 Å². The first kappa shape index (κ1) is 91.4. The lowest BCUT2D eigenvalue weighted by Gasteiger charge is -2.28. The summed E-state index contributed by atoms with van der Waals surface area (Å²) in [6.07, 6.45) is 113. The highest BCUT2D eigenvalue weighted by atomic mass is 31.2. The molecule has 0 aromatic rings. The maximum Gasteiger partial charge on any atom is 0.306 e. The zero-order valence-electron chi connectivity index (χ0n) is 62.3. The average Bonchev–Trinajstić information content (AvgIpc) is 1.98. The van der Waals surface area contributed by atoms with Crippen molar-refractivity contribution in [1.29, 1.82) is 0 Å². The summed E-state index contributed by atoms with van der Waals surface area (Å²) in [6, 6.07) is 0. The number of hydrogen-bond donors (Lipinski definition) is 0. The molecule has 0 bridgehead atoms. The van der Waals surface area contributed by atoms with Crippen LogP contribution >= 0.6 is 7.82 Å². The highest BCUT2D eigenvalue weighted by Gasteiger charge is 2.22. The number of ether oxygens (including phenoxy) is 2. The molecule has 546 valence electrons. The van der Waals surface area contributed by atoms with Gasteiger partial charge in [0.05, 0.1) is 27.7 Å². The first-order valence-corrected chi connectivity index (χ1v) is 40.3. The van der Waals surface area contributed by atoms with Gasteiger partial charge in [-0.3, -0.25) is 14.2 Å². The Morgan fingerprint density at radius 1 is 0.323 bits per heavy atom. The van der Waals surface area contributed by atoms with E-state index in [0.29, 0.717) is 17.4 Å². The Morgan fingerprint density at radius 2 is 0.562 bits per heavy atom. The monoisotopic (exact) mass is 1350 g/mol. The highest BCUT2D eigenvalue weighted by molar-refractivity contribution is 7.45. The van der Waals surface area contributed by atoms with E-state index in [1.54, 1.807) is 0 Å². The van der Waals surface area contributed by atoms with Crippen molar-refractivity contribution in [2.24, 2.45) is 0 Å². The van der Waals surface area contributed by atoms with Gasteiger partial charge in [-0.1, -0.05) is 338 Å². The Labute approximate surface area is 591 Å². The molecular weight excluding hydrogens is 1210 g/mol. The summed E-state index contributed by atoms with van der Waals surface area (Å²) in [4.78, 5) is 38.2. The molecule has 9 nitrogen and oxygen atoms in total. The summed E-state index contributed by atoms with van der Waals surface area (Å²) in [5.41, 5.74) is 0. The van der Waals surface area contributed by atoms with E-state index in [1.807, 2.05) is 21.1 Å². The molecule has 96 heavy (non-hydrogen) atoms. The number of unbranched alkanes of at least 4 members (excludes halogenated alkanes) is 28. The van der Waals surface area contributed by atoms with Crippen LogP contribution in [0.3, 0.4) is 0 Å². The molecule has 2 unspecified atom stereocenters. The molecule has 2 atom stereocenters. The van der Waals surface area contributed by atoms with E-state index in [0.717, 1.165) is 141 Å². The lowest BCUT2D eigenvalue weighted by atomic mass is 10.0. The molecule has 0 spiro atoms. The second-order valence-corrected chi connectivity index (χ2v) is 28.0. The predicted octanol–water partition coefficient (Wildman–Crippen LogP) is 25.4. The lowest BCUT2D eigenvalue weighted by molar-refractivity contribution is -0.870. The number of esters is 2. The maximum atomic E-state index is 12.9. The van der Waals surface area contributed by atoms with Crippen LogP contribution in [0.2, 0.25) is 0 Å². The largest absolute Gasteiger partial charge is 0.756 e. The SMILES string of the molecule is CC/C=C\C/C=C\C/C=C\C/C=C\C/C=C\C/C=C\C/C=C\CCCCCCCCCCCCCCCCCCCC(=O)OC(COC(=O)CCCCCCCCCCCCC/C=C\C/C=C\C/C=C\C/C=C\C/C=C\C/C=C\C/C=C\CC)COP(=O)([O-])OCC[N+](C)(C)C. The third-order valence-electron chi connectivity index (χ3n) is 16.2. The minimum absolute atomic E-state index is 0.0373. The van der Waals surface area contributed by atoms with Crippen LogP contribution in [0.15, 0.2) is 170 Å². The van der Waals surface area contributed by atoms with Gasteiger partial charge in [-0.05, 0) is 128 Å². The van der Waals surface area contributed by atoms with E-state index in [9.17, 15) is 19.0 Å². The molecule has 0 rings (SSSR count). The number of carbonyl (C=O) groups excluding carboxylic acids is 2. The van der Waals surface area contributed by atoms with E-state index in [4.69, 9.17) is 18.5 Å². The van der Waals surface area contributed by atoms with Crippen LogP contribution in [0.25, 0.3) is 0 Å². The molecule has 0 aliphatic heterocycles. The van der Waals surface area contributed by atoms with Crippen molar-refractivity contribution >= 4 is 19.8 Å². The Balaban J connectivity index is 4.03. The molecule has 0 saturated carbocycles. The third kappa shape index (κ3) is 78.4. The lowest BCUT2D eigenvalue weighted by Crippen LogP contribution is -2.37. The zero-order valence-corrected chi connectivity index (χ0v) is 63.2. The Morgan fingerprint density at radius 3 is 0.833 bits per heavy atom. The fraction of sp³-hybridized carbons (Fsp3) is 0.651. The van der Waals surface area contributed by atoms with Gasteiger partial charge in [-0.2, -0.15) is 0 Å². The van der Waals surface area contributed by atoms with E-state index in [1.165, 1.54) is 135 Å². The van der Waals surface area contributed by atoms with Crippen LogP contribution in [0, 0.1) is 0 Å². The van der Waals surface area contributed by atoms with Gasteiger partial charge in [-0.15, -0.1) is 0 Å². The fourth-order valence-electron chi connectivity index (χ4n) is 10.4. The zero-order chi connectivity index (χ0) is 69.7. The van der Waals surface area contributed by atoms with Gasteiger partial charge in [0.1, 0.15) is 19.8 Å². The Kier molecular flexibility index (Phi) is 71.0. The number of rotatable bonds is 70. The first-order chi connectivity index (χ1) is 47.0. The molecule has 0 amide bonds. The molecule has 0 aliphatic rings. The van der Waals surface area contributed by atoms with Crippen molar-refractivity contribution < 1.29 is 42.1 Å². The van der Waals surface area contributed by atoms with Crippen molar-refractivity contribution in [2.45, 2.75) is 315 Å². The smallest absolute Gasteiger partial charge is 0.306 e. The predicted molar refractivity (Wildman–Crippen MR) is 415 cm³/mol. The summed E-state index contributed by atoms with van der Waals surface area (Å²) in [7, 11) is 1.16. The molecule has 0 aliphatic carbocycles.